The van der Waals surface area contributed by atoms with Gasteiger partial charge in [0, 0.05) is 18.8 Å². The number of benzene rings is 2. The highest BCUT2D eigenvalue weighted by molar-refractivity contribution is 7.89. The first-order valence-electron chi connectivity index (χ1n) is 8.46. The molecule has 0 saturated heterocycles. The van der Waals surface area contributed by atoms with E-state index in [1.54, 1.807) is 32.0 Å². The van der Waals surface area contributed by atoms with Crippen molar-refractivity contribution in [1.82, 2.24) is 4.31 Å². The van der Waals surface area contributed by atoms with Crippen LogP contribution >= 0.6 is 0 Å². The summed E-state index contributed by atoms with van der Waals surface area (Å²) in [5, 5.41) is 2.75. The van der Waals surface area contributed by atoms with Crippen molar-refractivity contribution in [2.75, 3.05) is 25.0 Å². The predicted molar refractivity (Wildman–Crippen MR) is 102 cm³/mol. The minimum Gasteiger partial charge on any atom is -0.484 e. The molecule has 1 amide bonds. The Morgan fingerprint density at radius 3 is 2.31 bits per heavy atom. The quantitative estimate of drug-likeness (QED) is 0.768. The van der Waals surface area contributed by atoms with Crippen LogP contribution in [0.5, 0.6) is 5.75 Å². The number of anilines is 1. The summed E-state index contributed by atoms with van der Waals surface area (Å²) < 4.78 is 31.7. The van der Waals surface area contributed by atoms with Gasteiger partial charge in [0.1, 0.15) is 5.75 Å². The largest absolute Gasteiger partial charge is 0.484 e. The van der Waals surface area contributed by atoms with Crippen LogP contribution in [0.25, 0.3) is 0 Å². The number of hydrogen-bond donors (Lipinski definition) is 1. The third-order valence-corrected chi connectivity index (χ3v) is 5.90. The van der Waals surface area contributed by atoms with Gasteiger partial charge in [0.05, 0.1) is 4.90 Å². The van der Waals surface area contributed by atoms with Gasteiger partial charge in [-0.2, -0.15) is 4.31 Å². The van der Waals surface area contributed by atoms with Crippen molar-refractivity contribution in [1.29, 1.82) is 0 Å². The molecule has 0 radical (unpaired) electrons. The summed E-state index contributed by atoms with van der Waals surface area (Å²) in [7, 11) is -3.50. The Balaban J connectivity index is 1.96. The third-order valence-electron chi connectivity index (χ3n) is 3.84. The fourth-order valence-corrected chi connectivity index (χ4v) is 3.95. The van der Waals surface area contributed by atoms with Gasteiger partial charge < -0.3 is 10.1 Å². The third kappa shape index (κ3) is 5.06. The molecule has 140 valence electrons. The first kappa shape index (κ1) is 19.9. The van der Waals surface area contributed by atoms with Gasteiger partial charge in [0.15, 0.2) is 6.61 Å². The van der Waals surface area contributed by atoms with E-state index in [0.29, 0.717) is 24.5 Å². The molecule has 7 heteroatoms. The first-order valence-corrected chi connectivity index (χ1v) is 9.90. The molecule has 0 spiro atoms. The van der Waals surface area contributed by atoms with Crippen LogP contribution in [0.15, 0.2) is 53.4 Å². The first-order chi connectivity index (χ1) is 12.4. The van der Waals surface area contributed by atoms with Gasteiger partial charge in [-0.05, 0) is 48.9 Å². The fourth-order valence-electron chi connectivity index (χ4n) is 2.49. The maximum Gasteiger partial charge on any atom is 0.262 e. The standard InChI is InChI=1S/C19H24N2O4S/c1-4-21(5-2)26(23,24)18-11-9-17(10-12-18)25-14-19(22)20-16-8-6-7-15(3)13-16/h6-13H,4-5,14H2,1-3H3,(H,20,22). The van der Waals surface area contributed by atoms with E-state index in [2.05, 4.69) is 5.32 Å². The van der Waals surface area contributed by atoms with Crippen molar-refractivity contribution in [3.63, 3.8) is 0 Å². The molecule has 0 unspecified atom stereocenters. The lowest BCUT2D eigenvalue weighted by molar-refractivity contribution is -0.118. The normalized spacial score (nSPS) is 11.4. The van der Waals surface area contributed by atoms with E-state index in [9.17, 15) is 13.2 Å². The highest BCUT2D eigenvalue weighted by atomic mass is 32.2. The van der Waals surface area contributed by atoms with Crippen LogP contribution in [-0.4, -0.2) is 38.3 Å². The lowest BCUT2D eigenvalue weighted by atomic mass is 10.2. The van der Waals surface area contributed by atoms with E-state index in [4.69, 9.17) is 4.74 Å². The molecule has 0 aromatic heterocycles. The lowest BCUT2D eigenvalue weighted by Crippen LogP contribution is -2.30. The van der Waals surface area contributed by atoms with Crippen LogP contribution in [0.4, 0.5) is 5.69 Å². The summed E-state index contributed by atoms with van der Waals surface area (Å²) in [4.78, 5) is 12.2. The highest BCUT2D eigenvalue weighted by Crippen LogP contribution is 2.19. The molecule has 0 aliphatic rings. The van der Waals surface area contributed by atoms with E-state index in [0.717, 1.165) is 5.56 Å². The number of amides is 1. The van der Waals surface area contributed by atoms with Gasteiger partial charge >= 0.3 is 0 Å². The van der Waals surface area contributed by atoms with Gasteiger partial charge in [-0.1, -0.05) is 26.0 Å². The molecular weight excluding hydrogens is 352 g/mol. The molecule has 6 nitrogen and oxygen atoms in total. The zero-order valence-electron chi connectivity index (χ0n) is 15.2. The number of carbonyl (C=O) groups excluding carboxylic acids is 1. The molecule has 2 aromatic carbocycles. The van der Waals surface area contributed by atoms with Crippen LogP contribution in [0, 0.1) is 6.92 Å². The van der Waals surface area contributed by atoms with Gasteiger partial charge in [-0.3, -0.25) is 4.79 Å². The number of nitrogens with zero attached hydrogens (tertiary/aromatic N) is 1. The monoisotopic (exact) mass is 376 g/mol. The van der Waals surface area contributed by atoms with Crippen molar-refractivity contribution < 1.29 is 17.9 Å². The van der Waals surface area contributed by atoms with Crippen LogP contribution in [0.1, 0.15) is 19.4 Å². The van der Waals surface area contributed by atoms with Gasteiger partial charge in [0.2, 0.25) is 10.0 Å². The minimum absolute atomic E-state index is 0.157. The molecule has 0 heterocycles. The number of ether oxygens (including phenoxy) is 1. The van der Waals surface area contributed by atoms with Crippen LogP contribution < -0.4 is 10.1 Å². The fraction of sp³-hybridized carbons (Fsp3) is 0.316. The van der Waals surface area contributed by atoms with Gasteiger partial charge in [-0.15, -0.1) is 0 Å². The summed E-state index contributed by atoms with van der Waals surface area (Å²) in [6.45, 7) is 6.21. The Hall–Kier alpha value is -2.38. The van der Waals surface area contributed by atoms with Gasteiger partial charge in [-0.25, -0.2) is 8.42 Å². The number of carbonyl (C=O) groups is 1. The topological polar surface area (TPSA) is 75.7 Å². The summed E-state index contributed by atoms with van der Waals surface area (Å²) in [6, 6.07) is 13.6. The molecule has 0 aliphatic heterocycles. The SMILES string of the molecule is CCN(CC)S(=O)(=O)c1ccc(OCC(=O)Nc2cccc(C)c2)cc1. The molecule has 2 aromatic rings. The van der Waals surface area contributed by atoms with Crippen molar-refractivity contribution in [2.45, 2.75) is 25.7 Å². The van der Waals surface area contributed by atoms with Crippen LogP contribution in [0.2, 0.25) is 0 Å². The summed E-state index contributed by atoms with van der Waals surface area (Å²) in [5.74, 6) is 0.151. The van der Waals surface area contributed by atoms with E-state index < -0.39 is 10.0 Å². The van der Waals surface area contributed by atoms with Crippen molar-refractivity contribution in [2.24, 2.45) is 0 Å². The maximum atomic E-state index is 12.4. The molecule has 0 fully saturated rings. The molecule has 0 bridgehead atoms. The van der Waals surface area contributed by atoms with E-state index in [1.807, 2.05) is 25.1 Å². The van der Waals surface area contributed by atoms with E-state index in [1.165, 1.54) is 16.4 Å². The number of nitrogens with one attached hydrogen (secondary N) is 1. The average Bonchev–Trinajstić information content (AvgIpc) is 2.61. The van der Waals surface area contributed by atoms with Crippen molar-refractivity contribution in [3.8, 4) is 5.75 Å². The summed E-state index contributed by atoms with van der Waals surface area (Å²) in [6.07, 6.45) is 0. The highest BCUT2D eigenvalue weighted by Gasteiger charge is 2.21. The van der Waals surface area contributed by atoms with E-state index >= 15 is 0 Å². The molecule has 26 heavy (non-hydrogen) atoms. The maximum absolute atomic E-state index is 12.4. The zero-order valence-corrected chi connectivity index (χ0v) is 16.0. The molecule has 1 N–H and O–H groups in total. The smallest absolute Gasteiger partial charge is 0.262 e. The second-order valence-corrected chi connectivity index (χ2v) is 7.70. The molecule has 0 aliphatic carbocycles. The zero-order chi connectivity index (χ0) is 19.2. The molecule has 0 saturated carbocycles. The number of rotatable bonds is 8. The predicted octanol–water partition coefficient (Wildman–Crippen LogP) is 3.04. The lowest BCUT2D eigenvalue weighted by Gasteiger charge is -2.18. The number of aryl methyl sites for hydroxylation is 1. The number of hydrogen-bond acceptors (Lipinski definition) is 4. The Labute approximate surface area is 154 Å². The summed E-state index contributed by atoms with van der Waals surface area (Å²) >= 11 is 0. The van der Waals surface area contributed by atoms with Crippen LogP contribution in [0.3, 0.4) is 0 Å². The Morgan fingerprint density at radius 2 is 1.73 bits per heavy atom. The average molecular weight is 376 g/mol. The van der Waals surface area contributed by atoms with Gasteiger partial charge in [0.25, 0.3) is 5.91 Å². The van der Waals surface area contributed by atoms with Crippen molar-refractivity contribution in [3.05, 3.63) is 54.1 Å². The minimum atomic E-state index is -3.50. The molecule has 2 rings (SSSR count). The Bertz CT molecular complexity index is 844. The summed E-state index contributed by atoms with van der Waals surface area (Å²) in [5.41, 5.74) is 1.76. The molecular formula is C19H24N2O4S. The Morgan fingerprint density at radius 1 is 1.08 bits per heavy atom. The second-order valence-electron chi connectivity index (χ2n) is 5.77. The second kappa shape index (κ2) is 8.82. The van der Waals surface area contributed by atoms with Crippen molar-refractivity contribution >= 4 is 21.6 Å². The Kier molecular flexibility index (Phi) is 6.76. The van der Waals surface area contributed by atoms with E-state index in [-0.39, 0.29) is 17.4 Å². The molecule has 0 atom stereocenters. The number of sulfonamides is 1. The van der Waals surface area contributed by atoms with Crippen LogP contribution in [-0.2, 0) is 14.8 Å².